The summed E-state index contributed by atoms with van der Waals surface area (Å²) in [5.41, 5.74) is 8.08. The number of rotatable bonds is 2. The molecule has 0 fully saturated rings. The highest BCUT2D eigenvalue weighted by Gasteiger charge is 2.39. The summed E-state index contributed by atoms with van der Waals surface area (Å²) >= 11 is 2.15. The molecular formula is C28H15IN6O4. The van der Waals surface area contributed by atoms with Gasteiger partial charge in [-0.2, -0.15) is 15.0 Å². The first-order valence-corrected chi connectivity index (χ1v) is 12.9. The predicted molar refractivity (Wildman–Crippen MR) is 152 cm³/mol. The summed E-state index contributed by atoms with van der Waals surface area (Å²) in [5.74, 6) is -3.75. The van der Waals surface area contributed by atoms with Gasteiger partial charge in [0.25, 0.3) is 23.6 Å². The van der Waals surface area contributed by atoms with Crippen LogP contribution in [-0.2, 0) is 0 Å². The zero-order chi connectivity index (χ0) is 27.2. The molecule has 4 aromatic carbocycles. The van der Waals surface area contributed by atoms with Crippen molar-refractivity contribution in [1.82, 2.24) is 15.0 Å². The lowest BCUT2D eigenvalue weighted by Gasteiger charge is -2.28. The summed E-state index contributed by atoms with van der Waals surface area (Å²) in [5, 5.41) is 2.65. The average Bonchev–Trinajstić information content (AvgIpc) is 2.92. The van der Waals surface area contributed by atoms with Crippen molar-refractivity contribution in [3.63, 3.8) is 0 Å². The topological polar surface area (TPSA) is 139 Å². The third kappa shape index (κ3) is 3.16. The molecule has 10 nitrogen and oxygen atoms in total. The number of imide groups is 2. The lowest BCUT2D eigenvalue weighted by molar-refractivity contribution is 0.0878. The number of anilines is 3. The Kier molecular flexibility index (Phi) is 4.85. The number of aryl methyl sites for hydroxylation is 1. The number of nitrogen functional groups attached to an aromatic ring is 1. The van der Waals surface area contributed by atoms with Crippen LogP contribution in [0.25, 0.3) is 21.5 Å². The van der Waals surface area contributed by atoms with Gasteiger partial charge in [0.15, 0.2) is 0 Å². The summed E-state index contributed by atoms with van der Waals surface area (Å²) in [6.45, 7) is 1.90. The number of carbonyl (C=O) groups excluding carboxylic acids is 4. The third-order valence-corrected chi connectivity index (χ3v) is 7.95. The fourth-order valence-corrected chi connectivity index (χ4v) is 5.86. The van der Waals surface area contributed by atoms with Crippen LogP contribution in [0.15, 0.2) is 60.7 Å². The molecular weight excluding hydrogens is 611 g/mol. The molecule has 5 aromatic rings. The standard InChI is InChI=1S/C28H15IN6O4/c1-12-8-9-17-20-13(12)4-2-6-15(20)22(36)34(24(17)38)27-31-26(30)32-28(33-27)35-23(37)16-7-3-5-14-19(29)11-10-18(21(14)16)25(35)39/h2-11H,1H3,(H2,30,31,32,33). The van der Waals surface area contributed by atoms with Crippen LogP contribution in [0.5, 0.6) is 0 Å². The molecule has 0 saturated heterocycles. The molecule has 1 aromatic heterocycles. The SMILES string of the molecule is Cc1ccc2c3c(cccc13)C(=O)N(c1nc(N)nc(N3C(=O)c4cccc5c(I)ccc(c45)C3=O)n1)C2=O. The molecule has 0 atom stereocenters. The Morgan fingerprint density at radius 2 is 1.08 bits per heavy atom. The number of hydrogen-bond donors (Lipinski definition) is 1. The van der Waals surface area contributed by atoms with Crippen LogP contribution in [0.2, 0.25) is 0 Å². The second-order valence-electron chi connectivity index (χ2n) is 9.17. The van der Waals surface area contributed by atoms with E-state index >= 15 is 0 Å². The quantitative estimate of drug-likeness (QED) is 0.227. The Hall–Kier alpha value is -4.78. The molecule has 188 valence electrons. The third-order valence-electron chi connectivity index (χ3n) is 7.01. The molecule has 3 heterocycles. The minimum absolute atomic E-state index is 0.294. The maximum atomic E-state index is 13.6. The Labute approximate surface area is 233 Å². The molecule has 7 rings (SSSR count). The first-order valence-electron chi connectivity index (χ1n) is 11.8. The van der Waals surface area contributed by atoms with Crippen molar-refractivity contribution in [2.75, 3.05) is 15.5 Å². The van der Waals surface area contributed by atoms with E-state index in [4.69, 9.17) is 5.73 Å². The molecule has 0 spiro atoms. The maximum Gasteiger partial charge on any atom is 0.268 e. The molecule has 2 aliphatic heterocycles. The van der Waals surface area contributed by atoms with Gasteiger partial charge in [-0.15, -0.1) is 0 Å². The number of halogens is 1. The van der Waals surface area contributed by atoms with Crippen LogP contribution in [0, 0.1) is 10.5 Å². The van der Waals surface area contributed by atoms with Crippen molar-refractivity contribution in [2.45, 2.75) is 6.92 Å². The summed E-state index contributed by atoms with van der Waals surface area (Å²) in [7, 11) is 0. The van der Waals surface area contributed by atoms with E-state index in [2.05, 4.69) is 37.5 Å². The van der Waals surface area contributed by atoms with E-state index in [9.17, 15) is 19.2 Å². The molecule has 2 aliphatic rings. The fourth-order valence-electron chi connectivity index (χ4n) is 5.24. The Bertz CT molecular complexity index is 1820. The Balaban J connectivity index is 1.38. The van der Waals surface area contributed by atoms with Crippen LogP contribution in [0.4, 0.5) is 17.8 Å². The first kappa shape index (κ1) is 23.3. The largest absolute Gasteiger partial charge is 0.368 e. The van der Waals surface area contributed by atoms with Crippen LogP contribution in [-0.4, -0.2) is 38.6 Å². The fraction of sp³-hybridized carbons (Fsp3) is 0.0357. The van der Waals surface area contributed by atoms with Gasteiger partial charge in [-0.3, -0.25) is 19.2 Å². The second kappa shape index (κ2) is 8.11. The normalized spacial score (nSPS) is 14.6. The van der Waals surface area contributed by atoms with Crippen molar-refractivity contribution in [3.05, 3.63) is 92.1 Å². The number of nitrogens with zero attached hydrogens (tertiary/aromatic N) is 5. The molecule has 0 radical (unpaired) electrons. The van der Waals surface area contributed by atoms with Crippen molar-refractivity contribution < 1.29 is 19.2 Å². The maximum absolute atomic E-state index is 13.6. The highest BCUT2D eigenvalue weighted by Crippen LogP contribution is 2.36. The number of aromatic nitrogens is 3. The smallest absolute Gasteiger partial charge is 0.268 e. The van der Waals surface area contributed by atoms with Crippen LogP contribution >= 0.6 is 22.6 Å². The highest BCUT2D eigenvalue weighted by atomic mass is 127. The van der Waals surface area contributed by atoms with Crippen molar-refractivity contribution in [3.8, 4) is 0 Å². The van der Waals surface area contributed by atoms with E-state index in [0.717, 1.165) is 29.7 Å². The number of carbonyl (C=O) groups is 4. The number of amides is 4. The molecule has 0 bridgehead atoms. The molecule has 2 N–H and O–H groups in total. The summed E-state index contributed by atoms with van der Waals surface area (Å²) < 4.78 is 0.890. The Morgan fingerprint density at radius 3 is 1.64 bits per heavy atom. The van der Waals surface area contributed by atoms with Gasteiger partial charge in [-0.1, -0.05) is 30.3 Å². The Morgan fingerprint density at radius 1 is 0.615 bits per heavy atom. The number of benzene rings is 4. The molecule has 39 heavy (non-hydrogen) atoms. The number of nitrogens with two attached hydrogens (primary N) is 1. The van der Waals surface area contributed by atoms with Crippen LogP contribution in [0.1, 0.15) is 47.0 Å². The van der Waals surface area contributed by atoms with Gasteiger partial charge in [0.05, 0.1) is 0 Å². The minimum Gasteiger partial charge on any atom is -0.368 e. The van der Waals surface area contributed by atoms with Crippen molar-refractivity contribution >= 4 is 85.6 Å². The number of hydrogen-bond acceptors (Lipinski definition) is 8. The van der Waals surface area contributed by atoms with Gasteiger partial charge >= 0.3 is 0 Å². The van der Waals surface area contributed by atoms with Crippen LogP contribution < -0.4 is 15.5 Å². The summed E-state index contributed by atoms with van der Waals surface area (Å²) in [6.07, 6.45) is 0. The van der Waals surface area contributed by atoms with Crippen molar-refractivity contribution in [2.24, 2.45) is 0 Å². The van der Waals surface area contributed by atoms with Crippen molar-refractivity contribution in [1.29, 1.82) is 0 Å². The lowest BCUT2D eigenvalue weighted by atomic mass is 9.92. The predicted octanol–water partition coefficient (Wildman–Crippen LogP) is 4.27. The summed E-state index contributed by atoms with van der Waals surface area (Å²) in [6, 6.07) is 17.2. The van der Waals surface area contributed by atoms with Gasteiger partial charge in [0.1, 0.15) is 0 Å². The van der Waals surface area contributed by atoms with E-state index < -0.39 is 23.6 Å². The lowest BCUT2D eigenvalue weighted by Crippen LogP contribution is -2.44. The molecule has 0 saturated carbocycles. The average molecular weight is 626 g/mol. The van der Waals surface area contributed by atoms with E-state index in [-0.39, 0.29) is 17.8 Å². The summed E-state index contributed by atoms with van der Waals surface area (Å²) in [4.78, 5) is 68.3. The minimum atomic E-state index is -0.654. The van der Waals surface area contributed by atoms with E-state index in [0.29, 0.717) is 33.0 Å². The molecule has 4 amide bonds. The van der Waals surface area contributed by atoms with E-state index in [1.807, 2.05) is 19.1 Å². The zero-order valence-electron chi connectivity index (χ0n) is 20.1. The monoisotopic (exact) mass is 626 g/mol. The van der Waals surface area contributed by atoms with Gasteiger partial charge in [0.2, 0.25) is 17.8 Å². The second-order valence-corrected chi connectivity index (χ2v) is 10.3. The van der Waals surface area contributed by atoms with Crippen LogP contribution in [0.3, 0.4) is 0 Å². The van der Waals surface area contributed by atoms with Gasteiger partial charge in [-0.25, -0.2) is 9.80 Å². The molecule has 0 aliphatic carbocycles. The molecule has 0 unspecified atom stereocenters. The van der Waals surface area contributed by atoms with E-state index in [1.165, 1.54) is 0 Å². The van der Waals surface area contributed by atoms with E-state index in [1.54, 1.807) is 48.5 Å². The van der Waals surface area contributed by atoms with Gasteiger partial charge in [0, 0.05) is 36.6 Å². The highest BCUT2D eigenvalue weighted by molar-refractivity contribution is 14.1. The zero-order valence-corrected chi connectivity index (χ0v) is 22.3. The van der Waals surface area contributed by atoms with Gasteiger partial charge < -0.3 is 5.73 Å². The first-order chi connectivity index (χ1) is 18.8. The molecule has 11 heteroatoms. The van der Waals surface area contributed by atoms with Gasteiger partial charge in [-0.05, 0) is 76.2 Å².